The average Bonchev–Trinajstić information content (AvgIpc) is 3.46. The molecule has 0 bridgehead atoms. The van der Waals surface area contributed by atoms with E-state index in [2.05, 4.69) is 29.7 Å². The summed E-state index contributed by atoms with van der Waals surface area (Å²) in [6.07, 6.45) is 2.64. The van der Waals surface area contributed by atoms with E-state index in [1.807, 2.05) is 60.7 Å². The second-order valence-corrected chi connectivity index (χ2v) is 12.6. The lowest BCUT2D eigenvalue weighted by Gasteiger charge is -2.55. The molecule has 8 rings (SSSR count). The maximum absolute atomic E-state index is 16.0. The third-order valence-corrected chi connectivity index (χ3v) is 9.77. The molecule has 2 atom stereocenters. The topological polar surface area (TPSA) is 128 Å². The van der Waals surface area contributed by atoms with Gasteiger partial charge in [-0.1, -0.05) is 18.2 Å². The van der Waals surface area contributed by atoms with E-state index in [-0.39, 0.29) is 0 Å². The summed E-state index contributed by atoms with van der Waals surface area (Å²) >= 11 is 0. The van der Waals surface area contributed by atoms with Crippen LogP contribution < -0.4 is 15.4 Å². The Hall–Kier alpha value is -5.14. The Morgan fingerprint density at radius 1 is 0.875 bits per heavy atom. The van der Waals surface area contributed by atoms with Gasteiger partial charge in [-0.05, 0) is 55.0 Å². The van der Waals surface area contributed by atoms with Crippen molar-refractivity contribution in [3.8, 4) is 22.8 Å². The fourth-order valence-electron chi connectivity index (χ4n) is 6.97. The number of pyridine rings is 1. The molecule has 0 radical (unpaired) electrons. The van der Waals surface area contributed by atoms with Gasteiger partial charge in [-0.3, -0.25) is 9.80 Å². The van der Waals surface area contributed by atoms with Crippen LogP contribution in [0.15, 0.2) is 79.3 Å². The molecule has 48 heavy (non-hydrogen) atoms. The van der Waals surface area contributed by atoms with Crippen molar-refractivity contribution < 1.29 is 18.7 Å². The van der Waals surface area contributed by atoms with Crippen molar-refractivity contribution in [1.82, 2.24) is 34.5 Å². The van der Waals surface area contributed by atoms with Crippen molar-refractivity contribution in [2.45, 2.75) is 30.7 Å². The number of nitrogens with zero attached hydrogens (tertiary/aromatic N) is 8. The highest BCUT2D eigenvalue weighted by Gasteiger charge is 2.44. The number of ether oxygens (including phenoxy) is 2. The minimum absolute atomic E-state index is 0.303. The number of methoxy groups -OCH3 is 1. The number of para-hydroxylation sites is 1. The van der Waals surface area contributed by atoms with E-state index in [9.17, 15) is 4.79 Å². The van der Waals surface area contributed by atoms with Crippen LogP contribution in [0, 0.1) is 0 Å². The number of halogens is 1. The van der Waals surface area contributed by atoms with Crippen molar-refractivity contribution in [2.24, 2.45) is 0 Å². The van der Waals surface area contributed by atoms with Crippen LogP contribution >= 0.6 is 0 Å². The molecule has 3 aliphatic rings. The van der Waals surface area contributed by atoms with E-state index in [1.165, 1.54) is 13.4 Å². The van der Waals surface area contributed by atoms with Crippen LogP contribution in [0.5, 0.6) is 11.5 Å². The summed E-state index contributed by atoms with van der Waals surface area (Å²) in [5, 5.41) is 5.54. The van der Waals surface area contributed by atoms with Gasteiger partial charge in [0.15, 0.2) is 5.65 Å². The molecule has 3 fully saturated rings. The molecule has 3 aromatic heterocycles. The van der Waals surface area contributed by atoms with E-state index in [1.54, 1.807) is 16.9 Å². The third-order valence-electron chi connectivity index (χ3n) is 9.77. The van der Waals surface area contributed by atoms with Gasteiger partial charge < -0.3 is 20.1 Å². The minimum Gasteiger partial charge on any atom is -0.464 e. The van der Waals surface area contributed by atoms with Crippen molar-refractivity contribution in [2.75, 3.05) is 57.0 Å². The Morgan fingerprint density at radius 2 is 1.62 bits per heavy atom. The van der Waals surface area contributed by atoms with Crippen LogP contribution in [0.4, 0.5) is 15.9 Å². The third kappa shape index (κ3) is 5.58. The van der Waals surface area contributed by atoms with Gasteiger partial charge in [-0.25, -0.2) is 28.8 Å². The number of hydrogen-bond acceptors (Lipinski definition) is 11. The number of esters is 1. The SMILES string of the molecule is COC(=O)c1ccc(N2CC(N3CC(N4CC[C@@H](n5nc(-c6ccc(Oc7ccccc7)cc6)c6c(N)ncnc65)[C@H](F)C4)C3)C2)cn1. The van der Waals surface area contributed by atoms with Gasteiger partial charge in [0.1, 0.15) is 41.2 Å². The lowest BCUT2D eigenvalue weighted by molar-refractivity contribution is -0.0343. The average molecular weight is 650 g/mol. The molecule has 0 spiro atoms. The monoisotopic (exact) mass is 649 g/mol. The number of carbonyl (C=O) groups is 1. The number of nitrogens with two attached hydrogens (primary N) is 1. The predicted octanol–water partition coefficient (Wildman–Crippen LogP) is 4.21. The lowest BCUT2D eigenvalue weighted by Crippen LogP contribution is -2.70. The molecule has 3 saturated heterocycles. The van der Waals surface area contributed by atoms with Gasteiger partial charge in [-0.2, -0.15) is 5.10 Å². The Labute approximate surface area is 276 Å². The number of likely N-dealkylation sites (tertiary alicyclic amines) is 2. The van der Waals surface area contributed by atoms with Crippen molar-refractivity contribution in [1.29, 1.82) is 0 Å². The molecule has 12 nitrogen and oxygen atoms in total. The van der Waals surface area contributed by atoms with Gasteiger partial charge in [0.05, 0.1) is 30.4 Å². The number of fused-ring (bicyclic) bond motifs is 1. The van der Waals surface area contributed by atoms with Crippen LogP contribution in [0.3, 0.4) is 0 Å². The van der Waals surface area contributed by atoms with E-state index >= 15 is 4.39 Å². The standard InChI is InChI=1S/C35H36FN9O3/c1-47-35(46)29-12-9-23(15-38-29)43-18-25(19-43)44-16-24(17-44)42-14-13-30(28(36)20-42)45-34-31(33(37)39-21-40-34)32(41-45)22-7-10-27(11-8-22)48-26-5-3-2-4-6-26/h2-12,15,21,24-25,28,30H,13-14,16-20H2,1H3,(H2,37,39,40)/t28-,30-/m1/s1. The molecule has 0 unspecified atom stereocenters. The molecule has 246 valence electrons. The second-order valence-electron chi connectivity index (χ2n) is 12.6. The van der Waals surface area contributed by atoms with Gasteiger partial charge >= 0.3 is 5.97 Å². The van der Waals surface area contributed by atoms with E-state index in [4.69, 9.17) is 20.3 Å². The molecule has 13 heteroatoms. The summed E-state index contributed by atoms with van der Waals surface area (Å²) in [4.78, 5) is 31.6. The first-order valence-corrected chi connectivity index (χ1v) is 16.2. The van der Waals surface area contributed by atoms with Gasteiger partial charge in [-0.15, -0.1) is 0 Å². The van der Waals surface area contributed by atoms with Crippen LogP contribution in [-0.4, -0.2) is 105 Å². The summed E-state index contributed by atoms with van der Waals surface area (Å²) in [5.74, 6) is 1.33. The van der Waals surface area contributed by atoms with E-state index < -0.39 is 18.2 Å². The highest BCUT2D eigenvalue weighted by Crippen LogP contribution is 2.37. The maximum atomic E-state index is 16.0. The summed E-state index contributed by atoms with van der Waals surface area (Å²) < 4.78 is 28.4. The largest absolute Gasteiger partial charge is 0.464 e. The summed E-state index contributed by atoms with van der Waals surface area (Å²) in [7, 11) is 1.35. The molecule has 2 N–H and O–H groups in total. The van der Waals surface area contributed by atoms with Crippen LogP contribution in [0.1, 0.15) is 23.0 Å². The minimum atomic E-state index is -1.11. The van der Waals surface area contributed by atoms with Crippen molar-refractivity contribution in [3.05, 3.63) is 84.9 Å². The smallest absolute Gasteiger partial charge is 0.356 e. The maximum Gasteiger partial charge on any atom is 0.356 e. The number of aromatic nitrogens is 5. The fourth-order valence-corrected chi connectivity index (χ4v) is 6.97. The molecule has 0 aliphatic carbocycles. The van der Waals surface area contributed by atoms with E-state index in [0.717, 1.165) is 49.7 Å². The quantitative estimate of drug-likeness (QED) is 0.243. The van der Waals surface area contributed by atoms with Crippen molar-refractivity contribution >= 4 is 28.5 Å². The fraction of sp³-hybridized carbons (Fsp3) is 0.343. The highest BCUT2D eigenvalue weighted by atomic mass is 19.1. The molecule has 0 saturated carbocycles. The van der Waals surface area contributed by atoms with Gasteiger partial charge in [0, 0.05) is 56.9 Å². The number of nitrogen functional groups attached to an aromatic ring is 1. The molecule has 5 aromatic rings. The number of piperidine rings is 1. The number of rotatable bonds is 8. The summed E-state index contributed by atoms with van der Waals surface area (Å²) in [6, 6.07) is 21.1. The molecular weight excluding hydrogens is 613 g/mol. The normalized spacial score (nSPS) is 20.8. The number of carbonyl (C=O) groups excluding carboxylic acids is 1. The molecule has 2 aromatic carbocycles. The number of hydrogen-bond donors (Lipinski definition) is 1. The Morgan fingerprint density at radius 3 is 2.33 bits per heavy atom. The molecule has 3 aliphatic heterocycles. The molecule has 0 amide bonds. The van der Waals surface area contributed by atoms with Crippen molar-refractivity contribution in [3.63, 3.8) is 0 Å². The summed E-state index contributed by atoms with van der Waals surface area (Å²) in [6.45, 7) is 4.79. The zero-order chi connectivity index (χ0) is 32.8. The summed E-state index contributed by atoms with van der Waals surface area (Å²) in [5.41, 5.74) is 9.65. The lowest BCUT2D eigenvalue weighted by atomic mass is 9.95. The zero-order valence-electron chi connectivity index (χ0n) is 26.5. The van der Waals surface area contributed by atoms with Crippen LogP contribution in [-0.2, 0) is 4.74 Å². The van der Waals surface area contributed by atoms with Crippen LogP contribution in [0.25, 0.3) is 22.3 Å². The first kappa shape index (κ1) is 30.2. The van der Waals surface area contributed by atoms with Gasteiger partial charge in [0.25, 0.3) is 0 Å². The molecule has 6 heterocycles. The Bertz CT molecular complexity index is 1910. The van der Waals surface area contributed by atoms with Gasteiger partial charge in [0.2, 0.25) is 0 Å². The Balaban J connectivity index is 0.897. The zero-order valence-corrected chi connectivity index (χ0v) is 26.5. The number of benzene rings is 2. The molecular formula is C35H36FN9O3. The van der Waals surface area contributed by atoms with E-state index in [0.29, 0.717) is 59.0 Å². The first-order chi connectivity index (χ1) is 23.4. The Kier molecular flexibility index (Phi) is 7.85. The number of anilines is 2. The van der Waals surface area contributed by atoms with Crippen LogP contribution in [0.2, 0.25) is 0 Å². The predicted molar refractivity (Wildman–Crippen MR) is 179 cm³/mol. The second kappa shape index (κ2) is 12.5. The first-order valence-electron chi connectivity index (χ1n) is 16.2. The highest BCUT2D eigenvalue weighted by molar-refractivity contribution is 5.98. The number of alkyl halides is 1.